The van der Waals surface area contributed by atoms with Crippen molar-refractivity contribution in [2.24, 2.45) is 11.3 Å². The highest BCUT2D eigenvalue weighted by Crippen LogP contribution is 2.30. The quantitative estimate of drug-likeness (QED) is 0.566. The molecule has 0 bridgehead atoms. The number of carbonyl (C=O) groups excluding carboxylic acids is 1. The van der Waals surface area contributed by atoms with E-state index < -0.39 is 0 Å². The Balaban J connectivity index is 2.54. The summed E-state index contributed by atoms with van der Waals surface area (Å²) in [4.78, 5) is 12.0. The topological polar surface area (TPSA) is 17.1 Å². The van der Waals surface area contributed by atoms with Crippen LogP contribution in [0.4, 0.5) is 0 Å². The Hall–Kier alpha value is -0.330. The lowest BCUT2D eigenvalue weighted by atomic mass is 9.80. The zero-order valence-electron chi connectivity index (χ0n) is 9.23. The fraction of sp³-hybridized carbons (Fsp3) is 0.917. The Morgan fingerprint density at radius 2 is 1.46 bits per heavy atom. The minimum absolute atomic E-state index is 0.130. The highest BCUT2D eigenvalue weighted by molar-refractivity contribution is 5.85. The first-order valence-corrected chi connectivity index (χ1v) is 5.56. The highest BCUT2D eigenvalue weighted by atomic mass is 16.1. The molecular formula is C12H22O. The molecule has 0 aromatic carbocycles. The average molecular weight is 182 g/mol. The van der Waals surface area contributed by atoms with Gasteiger partial charge in [-0.15, -0.1) is 0 Å². The maximum atomic E-state index is 12.0. The first-order chi connectivity index (χ1) is 6.02. The van der Waals surface area contributed by atoms with Crippen molar-refractivity contribution in [1.29, 1.82) is 0 Å². The van der Waals surface area contributed by atoms with E-state index >= 15 is 0 Å². The van der Waals surface area contributed by atoms with Gasteiger partial charge in [0, 0.05) is 11.3 Å². The third kappa shape index (κ3) is 3.13. The second-order valence-electron chi connectivity index (χ2n) is 5.30. The van der Waals surface area contributed by atoms with Crippen LogP contribution < -0.4 is 0 Å². The summed E-state index contributed by atoms with van der Waals surface area (Å²) in [7, 11) is 0. The molecule has 1 nitrogen and oxygen atoms in total. The molecule has 0 aromatic rings. The number of ketones is 1. The number of rotatable bonds is 1. The summed E-state index contributed by atoms with van der Waals surface area (Å²) >= 11 is 0. The van der Waals surface area contributed by atoms with Crippen LogP contribution in [0.1, 0.15) is 59.3 Å². The SMILES string of the molecule is CC(C)(C)C(=O)C1CCCCCC1. The molecule has 0 unspecified atom stereocenters. The molecule has 0 aromatic heterocycles. The standard InChI is InChI=1S/C12H22O/c1-12(2,3)11(13)10-8-6-4-5-7-9-10/h10H,4-9H2,1-3H3. The van der Waals surface area contributed by atoms with Crippen LogP contribution in [0.5, 0.6) is 0 Å². The van der Waals surface area contributed by atoms with E-state index in [1.807, 2.05) is 20.8 Å². The van der Waals surface area contributed by atoms with Crippen molar-refractivity contribution >= 4 is 5.78 Å². The second-order valence-corrected chi connectivity index (χ2v) is 5.30. The van der Waals surface area contributed by atoms with Crippen molar-refractivity contribution < 1.29 is 4.79 Å². The van der Waals surface area contributed by atoms with Crippen LogP contribution in [0.2, 0.25) is 0 Å². The summed E-state index contributed by atoms with van der Waals surface area (Å²) < 4.78 is 0. The minimum Gasteiger partial charge on any atom is -0.299 e. The van der Waals surface area contributed by atoms with Gasteiger partial charge in [-0.1, -0.05) is 46.5 Å². The maximum Gasteiger partial charge on any atom is 0.141 e. The van der Waals surface area contributed by atoms with Gasteiger partial charge in [0.2, 0.25) is 0 Å². The van der Waals surface area contributed by atoms with Crippen LogP contribution >= 0.6 is 0 Å². The van der Waals surface area contributed by atoms with Crippen molar-refractivity contribution in [3.63, 3.8) is 0 Å². The van der Waals surface area contributed by atoms with Crippen LogP contribution in [-0.2, 0) is 4.79 Å². The molecule has 1 aliphatic rings. The van der Waals surface area contributed by atoms with E-state index in [2.05, 4.69) is 0 Å². The number of Topliss-reactive ketones (excluding diaryl/α,β-unsaturated/α-hetero) is 1. The Bertz CT molecular complexity index is 168. The largest absolute Gasteiger partial charge is 0.299 e. The van der Waals surface area contributed by atoms with Gasteiger partial charge in [0.1, 0.15) is 5.78 Å². The first-order valence-electron chi connectivity index (χ1n) is 5.56. The van der Waals surface area contributed by atoms with Gasteiger partial charge in [-0.3, -0.25) is 4.79 Å². The number of carbonyl (C=O) groups is 1. The summed E-state index contributed by atoms with van der Waals surface area (Å²) in [6, 6.07) is 0. The van der Waals surface area contributed by atoms with E-state index in [4.69, 9.17) is 0 Å². The molecule has 0 heterocycles. The summed E-state index contributed by atoms with van der Waals surface area (Å²) in [5, 5.41) is 0. The molecule has 0 atom stereocenters. The maximum absolute atomic E-state index is 12.0. The smallest absolute Gasteiger partial charge is 0.141 e. The molecule has 0 aliphatic heterocycles. The van der Waals surface area contributed by atoms with E-state index in [0.29, 0.717) is 11.7 Å². The third-order valence-electron chi connectivity index (χ3n) is 2.97. The molecule has 1 aliphatic carbocycles. The molecule has 1 fully saturated rings. The minimum atomic E-state index is -0.130. The van der Waals surface area contributed by atoms with Gasteiger partial charge >= 0.3 is 0 Å². The van der Waals surface area contributed by atoms with Crippen molar-refractivity contribution in [2.75, 3.05) is 0 Å². The fourth-order valence-corrected chi connectivity index (χ4v) is 2.15. The summed E-state index contributed by atoms with van der Waals surface area (Å²) in [5.41, 5.74) is -0.130. The van der Waals surface area contributed by atoms with Gasteiger partial charge in [-0.2, -0.15) is 0 Å². The lowest BCUT2D eigenvalue weighted by Gasteiger charge is -2.23. The van der Waals surface area contributed by atoms with Gasteiger partial charge in [-0.25, -0.2) is 0 Å². The molecule has 1 heteroatoms. The zero-order valence-corrected chi connectivity index (χ0v) is 9.23. The Morgan fingerprint density at radius 1 is 1.00 bits per heavy atom. The van der Waals surface area contributed by atoms with E-state index in [0.717, 1.165) is 12.8 Å². The van der Waals surface area contributed by atoms with Crippen LogP contribution in [0.3, 0.4) is 0 Å². The van der Waals surface area contributed by atoms with Crippen LogP contribution in [0, 0.1) is 11.3 Å². The predicted octanol–water partition coefficient (Wildman–Crippen LogP) is 3.57. The van der Waals surface area contributed by atoms with E-state index in [9.17, 15) is 4.79 Å². The van der Waals surface area contributed by atoms with Gasteiger partial charge in [0.15, 0.2) is 0 Å². The van der Waals surface area contributed by atoms with E-state index in [1.54, 1.807) is 0 Å². The summed E-state index contributed by atoms with van der Waals surface area (Å²) in [5.74, 6) is 0.844. The van der Waals surface area contributed by atoms with Gasteiger partial charge in [0.25, 0.3) is 0 Å². The molecule has 76 valence electrons. The Labute approximate surface area is 81.9 Å². The van der Waals surface area contributed by atoms with E-state index in [1.165, 1.54) is 25.7 Å². The predicted molar refractivity (Wildman–Crippen MR) is 55.7 cm³/mol. The molecule has 0 spiro atoms. The molecule has 0 amide bonds. The molecule has 0 radical (unpaired) electrons. The van der Waals surface area contributed by atoms with Crippen molar-refractivity contribution in [1.82, 2.24) is 0 Å². The number of hydrogen-bond donors (Lipinski definition) is 0. The highest BCUT2D eigenvalue weighted by Gasteiger charge is 2.29. The van der Waals surface area contributed by atoms with Crippen molar-refractivity contribution in [2.45, 2.75) is 59.3 Å². The lowest BCUT2D eigenvalue weighted by Crippen LogP contribution is -2.28. The fourth-order valence-electron chi connectivity index (χ4n) is 2.15. The normalized spacial score (nSPS) is 21.2. The lowest BCUT2D eigenvalue weighted by molar-refractivity contribution is -0.130. The van der Waals surface area contributed by atoms with Crippen LogP contribution in [0.15, 0.2) is 0 Å². The van der Waals surface area contributed by atoms with E-state index in [-0.39, 0.29) is 5.41 Å². The molecule has 1 saturated carbocycles. The molecule has 13 heavy (non-hydrogen) atoms. The molecular weight excluding hydrogens is 160 g/mol. The molecule has 0 saturated heterocycles. The summed E-state index contributed by atoms with van der Waals surface area (Å²) in [6.07, 6.45) is 7.44. The second kappa shape index (κ2) is 4.26. The van der Waals surface area contributed by atoms with Crippen molar-refractivity contribution in [3.8, 4) is 0 Å². The van der Waals surface area contributed by atoms with Crippen molar-refractivity contribution in [3.05, 3.63) is 0 Å². The molecule has 0 N–H and O–H groups in total. The Kier molecular flexibility index (Phi) is 3.52. The number of hydrogen-bond acceptors (Lipinski definition) is 1. The monoisotopic (exact) mass is 182 g/mol. The van der Waals surface area contributed by atoms with Crippen LogP contribution in [0.25, 0.3) is 0 Å². The molecule has 1 rings (SSSR count). The van der Waals surface area contributed by atoms with Gasteiger partial charge < -0.3 is 0 Å². The first kappa shape index (κ1) is 10.7. The zero-order chi connectivity index (χ0) is 9.90. The summed E-state index contributed by atoms with van der Waals surface area (Å²) in [6.45, 7) is 6.13. The van der Waals surface area contributed by atoms with Crippen LogP contribution in [-0.4, -0.2) is 5.78 Å². The Morgan fingerprint density at radius 3 is 1.85 bits per heavy atom. The van der Waals surface area contributed by atoms with Gasteiger partial charge in [-0.05, 0) is 12.8 Å². The third-order valence-corrected chi connectivity index (χ3v) is 2.97. The average Bonchev–Trinajstić information content (AvgIpc) is 2.28. The van der Waals surface area contributed by atoms with Gasteiger partial charge in [0.05, 0.1) is 0 Å².